The molecule has 1 aliphatic heterocycles. The van der Waals surface area contributed by atoms with E-state index in [1.807, 2.05) is 7.05 Å². The number of rotatable bonds is 11. The standard InChI is InChI=1S/C23H39N5O.HI/c1-24-23(25-12-15-28(16-17-29-2)22-10-11-22)26-18-20-6-8-21(9-7-20)19-27-13-4-3-5-14-27;/h6-9,22H,3-5,10-19H2,1-2H3,(H2,24,25,26);1H. The number of hydrogen-bond acceptors (Lipinski definition) is 4. The van der Waals surface area contributed by atoms with Crippen LogP contribution >= 0.6 is 24.0 Å². The highest BCUT2D eigenvalue weighted by molar-refractivity contribution is 14.0. The summed E-state index contributed by atoms with van der Waals surface area (Å²) >= 11 is 0. The van der Waals surface area contributed by atoms with Gasteiger partial charge in [-0.25, -0.2) is 0 Å². The molecule has 0 bridgehead atoms. The van der Waals surface area contributed by atoms with Crippen LogP contribution in [0.2, 0.25) is 0 Å². The molecule has 0 spiro atoms. The highest BCUT2D eigenvalue weighted by Gasteiger charge is 2.28. The molecule has 0 atom stereocenters. The van der Waals surface area contributed by atoms with Gasteiger partial charge in [0.25, 0.3) is 0 Å². The number of methoxy groups -OCH3 is 1. The van der Waals surface area contributed by atoms with Crippen molar-refractivity contribution in [3.63, 3.8) is 0 Å². The average Bonchev–Trinajstić information content (AvgIpc) is 3.60. The van der Waals surface area contributed by atoms with Crippen molar-refractivity contribution in [2.75, 3.05) is 53.5 Å². The van der Waals surface area contributed by atoms with Gasteiger partial charge in [0.05, 0.1) is 6.61 Å². The SMILES string of the molecule is CN=C(NCCN(CCOC)C1CC1)NCc1ccc(CN2CCCCC2)cc1.I. The Hall–Kier alpha value is -0.900. The van der Waals surface area contributed by atoms with Gasteiger partial charge in [0.1, 0.15) is 0 Å². The molecule has 1 heterocycles. The molecule has 1 aromatic carbocycles. The zero-order valence-electron chi connectivity index (χ0n) is 18.7. The van der Waals surface area contributed by atoms with E-state index in [-0.39, 0.29) is 24.0 Å². The van der Waals surface area contributed by atoms with Crippen LogP contribution in [0.5, 0.6) is 0 Å². The van der Waals surface area contributed by atoms with Crippen LogP contribution in [0.15, 0.2) is 29.3 Å². The minimum absolute atomic E-state index is 0. The molecule has 2 fully saturated rings. The molecule has 3 rings (SSSR count). The molecule has 2 aliphatic rings. The lowest BCUT2D eigenvalue weighted by Crippen LogP contribution is -2.42. The molecule has 0 aromatic heterocycles. The molecule has 7 heteroatoms. The van der Waals surface area contributed by atoms with Gasteiger partial charge in [0, 0.05) is 52.9 Å². The molecule has 1 saturated heterocycles. The van der Waals surface area contributed by atoms with E-state index in [1.165, 1.54) is 56.3 Å². The first-order valence-electron chi connectivity index (χ1n) is 11.3. The summed E-state index contributed by atoms with van der Waals surface area (Å²) in [5, 5.41) is 6.88. The van der Waals surface area contributed by atoms with E-state index >= 15 is 0 Å². The number of guanidine groups is 1. The fraction of sp³-hybridized carbons (Fsp3) is 0.696. The van der Waals surface area contributed by atoms with Crippen LogP contribution in [0.25, 0.3) is 0 Å². The molecule has 6 nitrogen and oxygen atoms in total. The first-order valence-corrected chi connectivity index (χ1v) is 11.3. The lowest BCUT2D eigenvalue weighted by Gasteiger charge is -2.26. The number of nitrogens with one attached hydrogen (secondary N) is 2. The number of benzene rings is 1. The van der Waals surface area contributed by atoms with Crippen LogP contribution in [0.1, 0.15) is 43.2 Å². The Balaban J connectivity index is 0.00000320. The fourth-order valence-corrected chi connectivity index (χ4v) is 3.99. The normalized spacial score (nSPS) is 17.6. The van der Waals surface area contributed by atoms with E-state index in [1.54, 1.807) is 7.11 Å². The van der Waals surface area contributed by atoms with Crippen LogP contribution in [-0.4, -0.2) is 75.3 Å². The second kappa shape index (κ2) is 14.2. The zero-order chi connectivity index (χ0) is 20.3. The summed E-state index contributed by atoms with van der Waals surface area (Å²) in [6, 6.07) is 9.76. The zero-order valence-corrected chi connectivity index (χ0v) is 21.1. The minimum Gasteiger partial charge on any atom is -0.383 e. The highest BCUT2D eigenvalue weighted by Crippen LogP contribution is 2.25. The molecular weight excluding hydrogens is 489 g/mol. The second-order valence-electron chi connectivity index (χ2n) is 8.27. The Bertz CT molecular complexity index is 615. The van der Waals surface area contributed by atoms with E-state index in [0.29, 0.717) is 0 Å². The first-order chi connectivity index (χ1) is 14.3. The molecule has 0 amide bonds. The Kier molecular flexibility index (Phi) is 12.0. The number of piperidine rings is 1. The number of likely N-dealkylation sites (tertiary alicyclic amines) is 1. The summed E-state index contributed by atoms with van der Waals surface area (Å²) in [5.41, 5.74) is 2.70. The Morgan fingerprint density at radius 1 is 1.07 bits per heavy atom. The Morgan fingerprint density at radius 2 is 1.77 bits per heavy atom. The summed E-state index contributed by atoms with van der Waals surface area (Å²) in [6.07, 6.45) is 6.73. The van der Waals surface area contributed by atoms with Crippen LogP contribution in [0.3, 0.4) is 0 Å². The first kappa shape index (κ1) is 25.4. The maximum Gasteiger partial charge on any atom is 0.191 e. The molecule has 1 aromatic rings. The lowest BCUT2D eigenvalue weighted by molar-refractivity contribution is 0.144. The smallest absolute Gasteiger partial charge is 0.191 e. The van der Waals surface area contributed by atoms with Crippen molar-refractivity contribution < 1.29 is 4.74 Å². The van der Waals surface area contributed by atoms with Gasteiger partial charge in [-0.05, 0) is 49.9 Å². The summed E-state index contributed by atoms with van der Waals surface area (Å²) in [5.74, 6) is 0.866. The van der Waals surface area contributed by atoms with Crippen molar-refractivity contribution >= 4 is 29.9 Å². The van der Waals surface area contributed by atoms with Gasteiger partial charge < -0.3 is 15.4 Å². The Morgan fingerprint density at radius 3 is 2.40 bits per heavy atom. The lowest BCUT2D eigenvalue weighted by atomic mass is 10.1. The quantitative estimate of drug-likeness (QED) is 0.262. The molecular formula is C23H40IN5O. The van der Waals surface area contributed by atoms with Crippen LogP contribution in [0.4, 0.5) is 0 Å². The highest BCUT2D eigenvalue weighted by atomic mass is 127. The largest absolute Gasteiger partial charge is 0.383 e. The number of hydrogen-bond donors (Lipinski definition) is 2. The molecule has 1 aliphatic carbocycles. The molecule has 2 N–H and O–H groups in total. The van der Waals surface area contributed by atoms with Crippen molar-refractivity contribution in [3.8, 4) is 0 Å². The number of halogens is 1. The fourth-order valence-electron chi connectivity index (χ4n) is 3.99. The monoisotopic (exact) mass is 529 g/mol. The van der Waals surface area contributed by atoms with Crippen LogP contribution in [0, 0.1) is 0 Å². The topological polar surface area (TPSA) is 52.1 Å². The van der Waals surface area contributed by atoms with Crippen LogP contribution in [-0.2, 0) is 17.8 Å². The van der Waals surface area contributed by atoms with Gasteiger partial charge in [0.15, 0.2) is 5.96 Å². The Labute approximate surface area is 199 Å². The van der Waals surface area contributed by atoms with Gasteiger partial charge in [-0.15, -0.1) is 24.0 Å². The van der Waals surface area contributed by atoms with Gasteiger partial charge in [-0.2, -0.15) is 0 Å². The third kappa shape index (κ3) is 9.08. The third-order valence-corrected chi connectivity index (χ3v) is 5.90. The van der Waals surface area contributed by atoms with Gasteiger partial charge in [-0.1, -0.05) is 30.7 Å². The van der Waals surface area contributed by atoms with E-state index in [0.717, 1.165) is 51.3 Å². The van der Waals surface area contributed by atoms with Crippen molar-refractivity contribution in [1.29, 1.82) is 0 Å². The number of aliphatic imine (C=N–C) groups is 1. The summed E-state index contributed by atoms with van der Waals surface area (Å²) in [6.45, 7) is 8.10. The van der Waals surface area contributed by atoms with E-state index in [2.05, 4.69) is 49.7 Å². The summed E-state index contributed by atoms with van der Waals surface area (Å²) in [4.78, 5) is 9.45. The van der Waals surface area contributed by atoms with Crippen molar-refractivity contribution in [3.05, 3.63) is 35.4 Å². The van der Waals surface area contributed by atoms with Crippen LogP contribution < -0.4 is 10.6 Å². The van der Waals surface area contributed by atoms with Gasteiger partial charge >= 0.3 is 0 Å². The van der Waals surface area contributed by atoms with Gasteiger partial charge in [-0.3, -0.25) is 14.8 Å². The molecule has 1 saturated carbocycles. The molecule has 170 valence electrons. The molecule has 0 radical (unpaired) electrons. The van der Waals surface area contributed by atoms with Crippen molar-refractivity contribution in [2.45, 2.75) is 51.2 Å². The summed E-state index contributed by atoms with van der Waals surface area (Å²) < 4.78 is 5.24. The minimum atomic E-state index is 0. The van der Waals surface area contributed by atoms with E-state index < -0.39 is 0 Å². The average molecular weight is 530 g/mol. The molecule has 0 unspecified atom stereocenters. The number of ether oxygens (including phenoxy) is 1. The van der Waals surface area contributed by atoms with Crippen molar-refractivity contribution in [1.82, 2.24) is 20.4 Å². The maximum absolute atomic E-state index is 5.24. The predicted molar refractivity (Wildman–Crippen MR) is 136 cm³/mol. The number of nitrogens with zero attached hydrogens (tertiary/aromatic N) is 3. The van der Waals surface area contributed by atoms with Gasteiger partial charge in [0.2, 0.25) is 0 Å². The third-order valence-electron chi connectivity index (χ3n) is 5.90. The predicted octanol–water partition coefficient (Wildman–Crippen LogP) is 3.07. The van der Waals surface area contributed by atoms with E-state index in [4.69, 9.17) is 4.74 Å². The maximum atomic E-state index is 5.24. The van der Waals surface area contributed by atoms with E-state index in [9.17, 15) is 0 Å². The summed E-state index contributed by atoms with van der Waals surface area (Å²) in [7, 11) is 3.61. The molecule has 30 heavy (non-hydrogen) atoms. The second-order valence-corrected chi connectivity index (χ2v) is 8.27. The van der Waals surface area contributed by atoms with Crippen molar-refractivity contribution in [2.24, 2.45) is 4.99 Å².